The molecule has 4 heteroatoms. The molecule has 106 valence electrons. The van der Waals surface area contributed by atoms with Crippen molar-refractivity contribution in [3.05, 3.63) is 33.9 Å². The summed E-state index contributed by atoms with van der Waals surface area (Å²) in [5, 5.41) is 1.18. The largest absolute Gasteiger partial charge is 0.300 e. The van der Waals surface area contributed by atoms with Crippen LogP contribution in [0.2, 0.25) is 0 Å². The number of hydrogen-bond acceptors (Lipinski definition) is 3. The molecule has 0 bridgehead atoms. The maximum Gasteiger partial charge on any atom is 0.130 e. The summed E-state index contributed by atoms with van der Waals surface area (Å²) in [4.78, 5) is 17.2. The lowest BCUT2D eigenvalue weighted by molar-refractivity contribution is -0.116. The van der Waals surface area contributed by atoms with Crippen molar-refractivity contribution in [1.82, 2.24) is 4.98 Å². The van der Waals surface area contributed by atoms with Gasteiger partial charge in [0, 0.05) is 26.9 Å². The van der Waals surface area contributed by atoms with Gasteiger partial charge in [-0.05, 0) is 49.8 Å². The Labute approximate surface area is 132 Å². The standard InChI is InChI=1S/C16H18BrNOS/c1-4-20-16-13(7-5-10(2)19)11(3)18-15-8-6-12(17)9-14(15)16/h6,8-9H,4-5,7H2,1-3H3. The van der Waals surface area contributed by atoms with Gasteiger partial charge in [0.15, 0.2) is 0 Å². The third-order valence-corrected chi connectivity index (χ3v) is 4.75. The summed E-state index contributed by atoms with van der Waals surface area (Å²) in [6.45, 7) is 5.84. The molecule has 2 rings (SSSR count). The quantitative estimate of drug-likeness (QED) is 0.714. The number of hydrogen-bond donors (Lipinski definition) is 0. The summed E-state index contributed by atoms with van der Waals surface area (Å²) in [7, 11) is 0. The predicted octanol–water partition coefficient (Wildman–Crippen LogP) is 4.94. The third kappa shape index (κ3) is 3.41. The highest BCUT2D eigenvalue weighted by Gasteiger charge is 2.13. The molecule has 0 amide bonds. The lowest BCUT2D eigenvalue weighted by Gasteiger charge is -2.14. The number of halogens is 1. The van der Waals surface area contributed by atoms with Crippen LogP contribution in [0, 0.1) is 6.92 Å². The Morgan fingerprint density at radius 3 is 2.80 bits per heavy atom. The van der Waals surface area contributed by atoms with Gasteiger partial charge in [-0.25, -0.2) is 0 Å². The minimum atomic E-state index is 0.228. The van der Waals surface area contributed by atoms with E-state index in [0.717, 1.165) is 27.9 Å². The van der Waals surface area contributed by atoms with Crippen molar-refractivity contribution in [2.45, 2.75) is 38.5 Å². The van der Waals surface area contributed by atoms with Crippen molar-refractivity contribution >= 4 is 44.4 Å². The van der Waals surface area contributed by atoms with Gasteiger partial charge in [-0.15, -0.1) is 11.8 Å². The predicted molar refractivity (Wildman–Crippen MR) is 89.6 cm³/mol. The van der Waals surface area contributed by atoms with E-state index in [1.54, 1.807) is 6.92 Å². The Bertz CT molecular complexity index is 654. The molecule has 1 aromatic carbocycles. The number of pyridine rings is 1. The van der Waals surface area contributed by atoms with Gasteiger partial charge in [0.2, 0.25) is 0 Å². The van der Waals surface area contributed by atoms with Gasteiger partial charge in [0.05, 0.1) is 5.52 Å². The summed E-state index contributed by atoms with van der Waals surface area (Å²) in [6, 6.07) is 6.18. The number of ketones is 1. The molecular formula is C16H18BrNOS. The van der Waals surface area contributed by atoms with Crippen molar-refractivity contribution in [2.75, 3.05) is 5.75 Å². The number of thioether (sulfide) groups is 1. The number of rotatable bonds is 5. The first-order valence-electron chi connectivity index (χ1n) is 6.74. The van der Waals surface area contributed by atoms with Gasteiger partial charge >= 0.3 is 0 Å². The van der Waals surface area contributed by atoms with Gasteiger partial charge in [-0.3, -0.25) is 4.98 Å². The molecule has 0 unspecified atom stereocenters. The summed E-state index contributed by atoms with van der Waals surface area (Å²) in [5.41, 5.74) is 3.28. The van der Waals surface area contributed by atoms with Crippen LogP contribution >= 0.6 is 27.7 Å². The van der Waals surface area contributed by atoms with E-state index in [4.69, 9.17) is 4.98 Å². The van der Waals surface area contributed by atoms with E-state index in [1.807, 2.05) is 30.8 Å². The average Bonchev–Trinajstić information content (AvgIpc) is 2.39. The van der Waals surface area contributed by atoms with E-state index < -0.39 is 0 Å². The third-order valence-electron chi connectivity index (χ3n) is 3.22. The molecule has 0 aliphatic carbocycles. The van der Waals surface area contributed by atoms with Gasteiger partial charge in [0.25, 0.3) is 0 Å². The normalized spacial score (nSPS) is 11.0. The first-order chi connectivity index (χ1) is 9.52. The fraction of sp³-hybridized carbons (Fsp3) is 0.375. The molecule has 0 aliphatic rings. The summed E-state index contributed by atoms with van der Waals surface area (Å²) < 4.78 is 1.06. The number of aromatic nitrogens is 1. The van der Waals surface area contributed by atoms with Crippen LogP contribution in [0.15, 0.2) is 27.6 Å². The number of carbonyl (C=O) groups excluding carboxylic acids is 1. The molecule has 1 heterocycles. The van der Waals surface area contributed by atoms with Crippen LogP contribution in [0.4, 0.5) is 0 Å². The van der Waals surface area contributed by atoms with E-state index in [-0.39, 0.29) is 5.78 Å². The van der Waals surface area contributed by atoms with E-state index >= 15 is 0 Å². The second kappa shape index (κ2) is 6.72. The van der Waals surface area contributed by atoms with Crippen molar-refractivity contribution < 1.29 is 4.79 Å². The molecule has 0 saturated heterocycles. The molecule has 0 fully saturated rings. The summed E-state index contributed by atoms with van der Waals surface area (Å²) in [6.07, 6.45) is 1.36. The lowest BCUT2D eigenvalue weighted by Crippen LogP contribution is -2.01. The van der Waals surface area contributed by atoms with E-state index in [0.29, 0.717) is 6.42 Å². The SMILES string of the molecule is CCSc1c(CCC(C)=O)c(C)nc2ccc(Br)cc12. The van der Waals surface area contributed by atoms with E-state index in [1.165, 1.54) is 15.8 Å². The maximum atomic E-state index is 11.3. The first kappa shape index (κ1) is 15.5. The highest BCUT2D eigenvalue weighted by atomic mass is 79.9. The zero-order chi connectivity index (χ0) is 14.7. The second-order valence-electron chi connectivity index (χ2n) is 4.80. The number of nitrogens with zero attached hydrogens (tertiary/aromatic N) is 1. The first-order valence-corrected chi connectivity index (χ1v) is 8.51. The van der Waals surface area contributed by atoms with Gasteiger partial charge in [-0.1, -0.05) is 22.9 Å². The Morgan fingerprint density at radius 2 is 2.15 bits per heavy atom. The zero-order valence-corrected chi connectivity index (χ0v) is 14.4. The van der Waals surface area contributed by atoms with E-state index in [9.17, 15) is 4.79 Å². The Balaban J connectivity index is 2.61. The number of carbonyl (C=O) groups is 1. The molecule has 0 saturated carbocycles. The number of aryl methyl sites for hydroxylation is 1. The smallest absolute Gasteiger partial charge is 0.130 e. The average molecular weight is 352 g/mol. The summed E-state index contributed by atoms with van der Waals surface area (Å²) >= 11 is 5.37. The molecule has 0 radical (unpaired) electrons. The highest BCUT2D eigenvalue weighted by Crippen LogP contribution is 2.34. The molecule has 0 aliphatic heterocycles. The molecule has 2 aromatic rings. The van der Waals surface area contributed by atoms with Gasteiger partial charge < -0.3 is 4.79 Å². The fourth-order valence-electron chi connectivity index (χ4n) is 2.27. The molecule has 0 atom stereocenters. The molecule has 1 aromatic heterocycles. The zero-order valence-electron chi connectivity index (χ0n) is 12.0. The van der Waals surface area contributed by atoms with Crippen LogP contribution in [-0.2, 0) is 11.2 Å². The van der Waals surface area contributed by atoms with Crippen molar-refractivity contribution in [3.8, 4) is 0 Å². The van der Waals surface area contributed by atoms with Crippen LogP contribution < -0.4 is 0 Å². The van der Waals surface area contributed by atoms with Crippen LogP contribution in [0.3, 0.4) is 0 Å². The van der Waals surface area contributed by atoms with Crippen LogP contribution in [0.5, 0.6) is 0 Å². The second-order valence-corrected chi connectivity index (χ2v) is 6.99. The molecule has 20 heavy (non-hydrogen) atoms. The summed E-state index contributed by atoms with van der Waals surface area (Å²) in [5.74, 6) is 1.24. The number of fused-ring (bicyclic) bond motifs is 1. The minimum Gasteiger partial charge on any atom is -0.300 e. The maximum absolute atomic E-state index is 11.3. The van der Waals surface area contributed by atoms with Gasteiger partial charge in [0.1, 0.15) is 5.78 Å². The minimum absolute atomic E-state index is 0.228. The molecule has 2 nitrogen and oxygen atoms in total. The Kier molecular flexibility index (Phi) is 5.22. The fourth-order valence-corrected chi connectivity index (χ4v) is 3.66. The van der Waals surface area contributed by atoms with Crippen molar-refractivity contribution in [1.29, 1.82) is 0 Å². The lowest BCUT2D eigenvalue weighted by atomic mass is 10.0. The molecular weight excluding hydrogens is 334 g/mol. The topological polar surface area (TPSA) is 30.0 Å². The highest BCUT2D eigenvalue weighted by molar-refractivity contribution is 9.10. The number of Topliss-reactive ketones (excluding diaryl/α,β-unsaturated/α-hetero) is 1. The Morgan fingerprint density at radius 1 is 1.40 bits per heavy atom. The number of benzene rings is 1. The monoisotopic (exact) mass is 351 g/mol. The molecule has 0 N–H and O–H groups in total. The van der Waals surface area contributed by atoms with Crippen LogP contribution in [0.25, 0.3) is 10.9 Å². The van der Waals surface area contributed by atoms with E-state index in [2.05, 4.69) is 28.9 Å². The van der Waals surface area contributed by atoms with Crippen LogP contribution in [0.1, 0.15) is 31.5 Å². The van der Waals surface area contributed by atoms with Crippen molar-refractivity contribution in [2.24, 2.45) is 0 Å². The van der Waals surface area contributed by atoms with Crippen LogP contribution in [-0.4, -0.2) is 16.5 Å². The molecule has 0 spiro atoms. The van der Waals surface area contributed by atoms with Gasteiger partial charge in [-0.2, -0.15) is 0 Å². The Hall–Kier alpha value is -0.870. The van der Waals surface area contributed by atoms with Crippen molar-refractivity contribution in [3.63, 3.8) is 0 Å².